The first kappa shape index (κ1) is 13.4. The number of hydrogen-bond donors (Lipinski definition) is 1. The molecule has 0 unspecified atom stereocenters. The van der Waals surface area contributed by atoms with Crippen molar-refractivity contribution < 1.29 is 9.47 Å². The highest BCUT2D eigenvalue weighted by Gasteiger charge is 2.34. The van der Waals surface area contributed by atoms with Crippen LogP contribution in [0.25, 0.3) is 0 Å². The van der Waals surface area contributed by atoms with E-state index in [1.807, 2.05) is 0 Å². The predicted molar refractivity (Wildman–Crippen MR) is 82.2 cm³/mol. The van der Waals surface area contributed by atoms with Gasteiger partial charge >= 0.3 is 0 Å². The fourth-order valence-electron chi connectivity index (χ4n) is 2.89. The van der Waals surface area contributed by atoms with E-state index in [4.69, 9.17) is 9.47 Å². The fraction of sp³-hybridized carbons (Fsp3) is 0.625. The summed E-state index contributed by atoms with van der Waals surface area (Å²) in [4.78, 5) is 2.49. The van der Waals surface area contributed by atoms with Gasteiger partial charge in [0.15, 0.2) is 11.5 Å². The number of hydrogen-bond acceptors (Lipinski definition) is 4. The van der Waals surface area contributed by atoms with E-state index in [1.165, 1.54) is 5.69 Å². The Bertz CT molecular complexity index is 511. The van der Waals surface area contributed by atoms with Crippen molar-refractivity contribution in [2.24, 2.45) is 5.92 Å². The van der Waals surface area contributed by atoms with Crippen LogP contribution in [0.15, 0.2) is 12.1 Å². The molecular weight excluding hydrogens is 252 g/mol. The van der Waals surface area contributed by atoms with E-state index >= 15 is 0 Å². The van der Waals surface area contributed by atoms with Gasteiger partial charge in [-0.15, -0.1) is 0 Å². The van der Waals surface area contributed by atoms with Crippen LogP contribution in [-0.4, -0.2) is 31.8 Å². The summed E-state index contributed by atoms with van der Waals surface area (Å²) in [6.07, 6.45) is 0. The van der Waals surface area contributed by atoms with Crippen molar-refractivity contribution in [1.29, 1.82) is 0 Å². The molecule has 0 radical (unpaired) electrons. The second-order valence-corrected chi connectivity index (χ2v) is 6.68. The summed E-state index contributed by atoms with van der Waals surface area (Å²) in [6.45, 7) is 12.3. The van der Waals surface area contributed by atoms with Gasteiger partial charge in [0.1, 0.15) is 13.2 Å². The van der Waals surface area contributed by atoms with E-state index in [9.17, 15) is 0 Å². The third-order valence-corrected chi connectivity index (χ3v) is 3.94. The average Bonchev–Trinajstić information content (AvgIpc) is 2.40. The molecule has 0 atom stereocenters. The number of ether oxygens (including phenoxy) is 2. The van der Waals surface area contributed by atoms with Crippen LogP contribution in [0.4, 0.5) is 11.4 Å². The van der Waals surface area contributed by atoms with Crippen LogP contribution in [0.1, 0.15) is 27.7 Å². The molecule has 0 aromatic heterocycles. The van der Waals surface area contributed by atoms with Gasteiger partial charge in [0.05, 0.1) is 16.9 Å². The highest BCUT2D eigenvalue weighted by Crippen LogP contribution is 2.44. The lowest BCUT2D eigenvalue weighted by atomic mass is 9.95. The molecule has 0 saturated carbocycles. The molecule has 1 aromatic rings. The van der Waals surface area contributed by atoms with Crippen LogP contribution in [-0.2, 0) is 0 Å². The van der Waals surface area contributed by atoms with Crippen molar-refractivity contribution in [2.45, 2.75) is 33.2 Å². The highest BCUT2D eigenvalue weighted by atomic mass is 16.6. The first-order valence-electron chi connectivity index (χ1n) is 7.42. The van der Waals surface area contributed by atoms with E-state index in [2.05, 4.69) is 50.0 Å². The molecule has 2 heterocycles. The summed E-state index contributed by atoms with van der Waals surface area (Å²) < 4.78 is 11.4. The number of fused-ring (bicyclic) bond motifs is 2. The normalized spacial score (nSPS) is 19.6. The summed E-state index contributed by atoms with van der Waals surface area (Å²) in [6, 6.07) is 4.20. The lowest BCUT2D eigenvalue weighted by Crippen LogP contribution is -2.53. The molecule has 0 bridgehead atoms. The standard InChI is InChI=1S/C16H24N2O2/c1-11(2)9-18-13-8-15-14(19-5-6-20-15)7-12(13)17-10-16(18,3)4/h7-8,11,17H,5-6,9-10H2,1-4H3. The van der Waals surface area contributed by atoms with Crippen molar-refractivity contribution in [3.63, 3.8) is 0 Å². The van der Waals surface area contributed by atoms with Crippen molar-refractivity contribution in [2.75, 3.05) is 36.5 Å². The minimum absolute atomic E-state index is 0.0982. The van der Waals surface area contributed by atoms with E-state index in [0.29, 0.717) is 19.1 Å². The van der Waals surface area contributed by atoms with Crippen molar-refractivity contribution in [3.8, 4) is 11.5 Å². The summed E-state index contributed by atoms with van der Waals surface area (Å²) in [5, 5.41) is 3.53. The van der Waals surface area contributed by atoms with E-state index in [-0.39, 0.29) is 5.54 Å². The maximum Gasteiger partial charge on any atom is 0.163 e. The van der Waals surface area contributed by atoms with Gasteiger partial charge in [-0.05, 0) is 19.8 Å². The third kappa shape index (κ3) is 2.28. The smallest absolute Gasteiger partial charge is 0.163 e. The van der Waals surface area contributed by atoms with Gasteiger partial charge in [-0.25, -0.2) is 0 Å². The first-order chi connectivity index (χ1) is 9.47. The average molecular weight is 276 g/mol. The fourth-order valence-corrected chi connectivity index (χ4v) is 2.89. The molecule has 110 valence electrons. The van der Waals surface area contributed by atoms with Crippen molar-refractivity contribution in [3.05, 3.63) is 12.1 Å². The van der Waals surface area contributed by atoms with Gasteiger partial charge in [0.2, 0.25) is 0 Å². The molecule has 1 N–H and O–H groups in total. The number of nitrogens with one attached hydrogen (secondary N) is 1. The Labute approximate surface area is 121 Å². The van der Waals surface area contributed by atoms with Crippen LogP contribution in [0.2, 0.25) is 0 Å². The van der Waals surface area contributed by atoms with Gasteiger partial charge in [-0.1, -0.05) is 13.8 Å². The van der Waals surface area contributed by atoms with Gasteiger partial charge in [-0.3, -0.25) is 0 Å². The maximum absolute atomic E-state index is 5.73. The van der Waals surface area contributed by atoms with Crippen LogP contribution in [0.3, 0.4) is 0 Å². The number of rotatable bonds is 2. The largest absolute Gasteiger partial charge is 0.486 e. The van der Waals surface area contributed by atoms with E-state index in [0.717, 1.165) is 30.3 Å². The van der Waals surface area contributed by atoms with Gasteiger partial charge < -0.3 is 19.7 Å². The Morgan fingerprint density at radius 2 is 1.85 bits per heavy atom. The van der Waals surface area contributed by atoms with Crippen LogP contribution in [0, 0.1) is 5.92 Å². The number of nitrogens with zero attached hydrogens (tertiary/aromatic N) is 1. The van der Waals surface area contributed by atoms with Gasteiger partial charge in [-0.2, -0.15) is 0 Å². The zero-order valence-electron chi connectivity index (χ0n) is 12.8. The second kappa shape index (κ2) is 4.76. The zero-order valence-corrected chi connectivity index (χ0v) is 12.8. The number of anilines is 2. The van der Waals surface area contributed by atoms with E-state index in [1.54, 1.807) is 0 Å². The lowest BCUT2D eigenvalue weighted by molar-refractivity contribution is 0.171. The lowest BCUT2D eigenvalue weighted by Gasteiger charge is -2.46. The summed E-state index contributed by atoms with van der Waals surface area (Å²) in [5.74, 6) is 2.34. The minimum Gasteiger partial charge on any atom is -0.486 e. The second-order valence-electron chi connectivity index (χ2n) is 6.68. The predicted octanol–water partition coefficient (Wildman–Crippen LogP) is 3.12. The molecule has 0 saturated heterocycles. The summed E-state index contributed by atoms with van der Waals surface area (Å²) in [5.41, 5.74) is 2.47. The number of benzene rings is 1. The SMILES string of the molecule is CC(C)CN1c2cc3c(cc2NCC1(C)C)OCCO3. The Morgan fingerprint density at radius 3 is 2.50 bits per heavy atom. The Kier molecular flexibility index (Phi) is 3.19. The molecule has 2 aliphatic rings. The quantitative estimate of drug-likeness (QED) is 0.900. The molecule has 0 fully saturated rings. The Morgan fingerprint density at radius 1 is 1.20 bits per heavy atom. The van der Waals surface area contributed by atoms with Crippen LogP contribution >= 0.6 is 0 Å². The third-order valence-electron chi connectivity index (χ3n) is 3.94. The molecule has 0 aliphatic carbocycles. The maximum atomic E-state index is 5.73. The highest BCUT2D eigenvalue weighted by molar-refractivity contribution is 5.78. The van der Waals surface area contributed by atoms with Crippen LogP contribution in [0.5, 0.6) is 11.5 Å². The molecule has 1 aromatic carbocycles. The van der Waals surface area contributed by atoms with Crippen molar-refractivity contribution in [1.82, 2.24) is 0 Å². The molecule has 0 amide bonds. The van der Waals surface area contributed by atoms with Gasteiger partial charge in [0, 0.05) is 25.2 Å². The molecule has 4 nitrogen and oxygen atoms in total. The Balaban J connectivity index is 2.03. The van der Waals surface area contributed by atoms with Gasteiger partial charge in [0.25, 0.3) is 0 Å². The topological polar surface area (TPSA) is 33.7 Å². The molecule has 0 spiro atoms. The van der Waals surface area contributed by atoms with E-state index < -0.39 is 0 Å². The molecule has 4 heteroatoms. The molecule has 3 rings (SSSR count). The molecule has 2 aliphatic heterocycles. The monoisotopic (exact) mass is 276 g/mol. The molecular formula is C16H24N2O2. The zero-order chi connectivity index (χ0) is 14.3. The first-order valence-corrected chi connectivity index (χ1v) is 7.42. The Hall–Kier alpha value is -1.58. The summed E-state index contributed by atoms with van der Waals surface area (Å²) >= 11 is 0. The minimum atomic E-state index is 0.0982. The molecule has 20 heavy (non-hydrogen) atoms. The summed E-state index contributed by atoms with van der Waals surface area (Å²) in [7, 11) is 0. The van der Waals surface area contributed by atoms with Crippen LogP contribution < -0.4 is 19.7 Å². The van der Waals surface area contributed by atoms with Crippen molar-refractivity contribution >= 4 is 11.4 Å².